The molecule has 1 heterocycles. The molecule has 35 heavy (non-hydrogen) atoms. The van der Waals surface area contributed by atoms with Crippen molar-refractivity contribution >= 4 is 28.6 Å². The van der Waals surface area contributed by atoms with Crippen LogP contribution < -0.4 is 15.5 Å². The van der Waals surface area contributed by atoms with Crippen molar-refractivity contribution in [3.05, 3.63) is 59.4 Å². The summed E-state index contributed by atoms with van der Waals surface area (Å²) in [4.78, 5) is 23.6. The number of alkyl halides is 3. The molecule has 2 N–H and O–H groups in total. The summed E-state index contributed by atoms with van der Waals surface area (Å²) in [6.45, 7) is 0.233. The molecule has 2 aromatic carbocycles. The van der Waals surface area contributed by atoms with Crippen molar-refractivity contribution in [2.75, 3.05) is 30.9 Å². The molecule has 0 aliphatic heterocycles. The summed E-state index contributed by atoms with van der Waals surface area (Å²) in [5, 5.41) is 6.93. The standard InChI is InChI=1S/C25H27F4N5O/c1-34(2)22-18-5-3-4-6-21(18)32-24(33-22)31-17-10-7-15(8-11-17)14-30-23(35)19-13-16(26)9-12-20(19)25(27,28)29/h3-6,9,12-13,15,17H,7-8,10-11,14H2,1-2H3,(H,30,35)(H,31,32,33). The minimum atomic E-state index is -4.73. The van der Waals surface area contributed by atoms with Crippen LogP contribution in [0.3, 0.4) is 0 Å². The summed E-state index contributed by atoms with van der Waals surface area (Å²) >= 11 is 0. The van der Waals surface area contributed by atoms with Crippen molar-refractivity contribution in [2.24, 2.45) is 5.92 Å². The summed E-state index contributed by atoms with van der Waals surface area (Å²) in [5.74, 6) is -0.310. The van der Waals surface area contributed by atoms with Gasteiger partial charge < -0.3 is 15.5 Å². The molecule has 1 aromatic heterocycles. The smallest absolute Gasteiger partial charge is 0.362 e. The molecule has 4 rings (SSSR count). The van der Waals surface area contributed by atoms with Crippen LogP contribution in [0.25, 0.3) is 10.9 Å². The Morgan fingerprint density at radius 3 is 2.46 bits per heavy atom. The quantitative estimate of drug-likeness (QED) is 0.463. The molecule has 6 nitrogen and oxygen atoms in total. The van der Waals surface area contributed by atoms with Gasteiger partial charge in [0, 0.05) is 32.1 Å². The highest BCUT2D eigenvalue weighted by Crippen LogP contribution is 2.33. The van der Waals surface area contributed by atoms with Crippen molar-refractivity contribution in [3.8, 4) is 0 Å². The predicted octanol–water partition coefficient (Wildman–Crippen LogP) is 5.25. The second-order valence-electron chi connectivity index (χ2n) is 9.04. The van der Waals surface area contributed by atoms with E-state index in [2.05, 4.69) is 20.6 Å². The van der Waals surface area contributed by atoms with E-state index >= 15 is 0 Å². The SMILES string of the molecule is CN(C)c1nc(NC2CCC(CNC(=O)c3cc(F)ccc3C(F)(F)F)CC2)nc2ccccc12. The van der Waals surface area contributed by atoms with E-state index in [1.165, 1.54) is 0 Å². The molecule has 1 fully saturated rings. The van der Waals surface area contributed by atoms with Crippen molar-refractivity contribution in [1.29, 1.82) is 0 Å². The van der Waals surface area contributed by atoms with Crippen LogP contribution >= 0.6 is 0 Å². The molecule has 186 valence electrons. The number of aromatic nitrogens is 2. The average Bonchev–Trinajstić information content (AvgIpc) is 2.82. The first-order valence-corrected chi connectivity index (χ1v) is 11.5. The summed E-state index contributed by atoms with van der Waals surface area (Å²) in [6, 6.07) is 9.88. The van der Waals surface area contributed by atoms with Gasteiger partial charge in [-0.15, -0.1) is 0 Å². The maximum Gasteiger partial charge on any atom is 0.417 e. The van der Waals surface area contributed by atoms with Crippen LogP contribution in [0, 0.1) is 11.7 Å². The lowest BCUT2D eigenvalue weighted by Crippen LogP contribution is -2.35. The van der Waals surface area contributed by atoms with Crippen LogP contribution in [0.5, 0.6) is 0 Å². The number of halogens is 4. The monoisotopic (exact) mass is 489 g/mol. The largest absolute Gasteiger partial charge is 0.417 e. The summed E-state index contributed by atoms with van der Waals surface area (Å²) < 4.78 is 53.1. The topological polar surface area (TPSA) is 70.2 Å². The van der Waals surface area contributed by atoms with Crippen molar-refractivity contribution in [2.45, 2.75) is 37.9 Å². The first-order valence-electron chi connectivity index (χ1n) is 11.5. The van der Waals surface area contributed by atoms with Gasteiger partial charge in [-0.1, -0.05) is 12.1 Å². The summed E-state index contributed by atoms with van der Waals surface area (Å²) in [7, 11) is 3.86. The van der Waals surface area contributed by atoms with Gasteiger partial charge in [0.2, 0.25) is 5.95 Å². The van der Waals surface area contributed by atoms with Gasteiger partial charge in [0.15, 0.2) is 0 Å². The number of para-hydroxylation sites is 1. The Morgan fingerprint density at radius 2 is 1.77 bits per heavy atom. The number of fused-ring (bicyclic) bond motifs is 1. The van der Waals surface area contributed by atoms with E-state index in [9.17, 15) is 22.4 Å². The van der Waals surface area contributed by atoms with E-state index in [0.29, 0.717) is 24.1 Å². The van der Waals surface area contributed by atoms with Crippen molar-refractivity contribution in [3.63, 3.8) is 0 Å². The first kappa shape index (κ1) is 24.7. The van der Waals surface area contributed by atoms with E-state index in [1.54, 1.807) is 0 Å². The van der Waals surface area contributed by atoms with Crippen molar-refractivity contribution < 1.29 is 22.4 Å². The Hall–Kier alpha value is -3.43. The maximum absolute atomic E-state index is 13.5. The number of rotatable bonds is 6. The average molecular weight is 490 g/mol. The molecule has 1 amide bonds. The number of nitrogens with zero attached hydrogens (tertiary/aromatic N) is 3. The van der Waals surface area contributed by atoms with Crippen LogP contribution in [0.2, 0.25) is 0 Å². The van der Waals surface area contributed by atoms with Crippen LogP contribution in [-0.2, 0) is 6.18 Å². The van der Waals surface area contributed by atoms with Gasteiger partial charge in [-0.05, 0) is 61.9 Å². The van der Waals surface area contributed by atoms with Crippen LogP contribution in [0.4, 0.5) is 29.3 Å². The number of hydrogen-bond donors (Lipinski definition) is 2. The zero-order valence-corrected chi connectivity index (χ0v) is 19.5. The van der Waals surface area contributed by atoms with Gasteiger partial charge in [0.05, 0.1) is 16.6 Å². The molecule has 0 spiro atoms. The third kappa shape index (κ3) is 5.80. The highest BCUT2D eigenvalue weighted by Gasteiger charge is 2.35. The Morgan fingerprint density at radius 1 is 1.06 bits per heavy atom. The second kappa shape index (κ2) is 10.1. The molecule has 0 atom stereocenters. The number of anilines is 2. The molecule has 3 aromatic rings. The lowest BCUT2D eigenvalue weighted by Gasteiger charge is -2.29. The molecule has 0 saturated heterocycles. The highest BCUT2D eigenvalue weighted by atomic mass is 19.4. The fourth-order valence-corrected chi connectivity index (χ4v) is 4.44. The van der Waals surface area contributed by atoms with Gasteiger partial charge >= 0.3 is 6.18 Å². The normalized spacial score (nSPS) is 18.3. The summed E-state index contributed by atoms with van der Waals surface area (Å²) in [5.41, 5.74) is -0.990. The van der Waals surface area contributed by atoms with Crippen LogP contribution in [-0.4, -0.2) is 42.6 Å². The Kier molecular flexibility index (Phi) is 7.09. The van der Waals surface area contributed by atoms with E-state index < -0.39 is 29.0 Å². The van der Waals surface area contributed by atoms with E-state index in [-0.39, 0.29) is 18.5 Å². The molecule has 1 aliphatic rings. The Balaban J connectivity index is 1.34. The molecular weight excluding hydrogens is 462 g/mol. The zero-order chi connectivity index (χ0) is 25.2. The summed E-state index contributed by atoms with van der Waals surface area (Å²) in [6.07, 6.45) is -1.56. The van der Waals surface area contributed by atoms with Gasteiger partial charge in [-0.3, -0.25) is 4.79 Å². The minimum absolute atomic E-state index is 0.120. The maximum atomic E-state index is 13.5. The third-order valence-corrected chi connectivity index (χ3v) is 6.27. The molecule has 1 saturated carbocycles. The number of hydrogen-bond acceptors (Lipinski definition) is 5. The fraction of sp³-hybridized carbons (Fsp3) is 0.400. The van der Waals surface area contributed by atoms with Crippen LogP contribution in [0.1, 0.15) is 41.6 Å². The van der Waals surface area contributed by atoms with Gasteiger partial charge in [-0.25, -0.2) is 9.37 Å². The lowest BCUT2D eigenvalue weighted by atomic mass is 9.86. The van der Waals surface area contributed by atoms with Crippen LogP contribution in [0.15, 0.2) is 42.5 Å². The van der Waals surface area contributed by atoms with Gasteiger partial charge in [0.25, 0.3) is 5.91 Å². The lowest BCUT2D eigenvalue weighted by molar-refractivity contribution is -0.138. The molecule has 0 unspecified atom stereocenters. The molecule has 1 aliphatic carbocycles. The third-order valence-electron chi connectivity index (χ3n) is 6.27. The number of amides is 1. The molecule has 0 bridgehead atoms. The van der Waals surface area contributed by atoms with E-state index in [1.807, 2.05) is 43.3 Å². The van der Waals surface area contributed by atoms with Gasteiger partial charge in [-0.2, -0.15) is 18.2 Å². The van der Waals surface area contributed by atoms with E-state index in [4.69, 9.17) is 0 Å². The number of nitrogens with one attached hydrogen (secondary N) is 2. The Labute approximate surface area is 200 Å². The molecule has 10 heteroatoms. The first-order chi connectivity index (χ1) is 16.6. The highest BCUT2D eigenvalue weighted by molar-refractivity contribution is 5.96. The number of carbonyl (C=O) groups is 1. The van der Waals surface area contributed by atoms with Gasteiger partial charge in [0.1, 0.15) is 11.6 Å². The molecule has 0 radical (unpaired) electrons. The van der Waals surface area contributed by atoms with Crippen molar-refractivity contribution in [1.82, 2.24) is 15.3 Å². The fourth-order valence-electron chi connectivity index (χ4n) is 4.44. The van der Waals surface area contributed by atoms with E-state index in [0.717, 1.165) is 42.4 Å². The Bertz CT molecular complexity index is 1210. The second-order valence-corrected chi connectivity index (χ2v) is 9.04. The molecular formula is C25H27F4N5O. The predicted molar refractivity (Wildman–Crippen MR) is 127 cm³/mol. The minimum Gasteiger partial charge on any atom is -0.362 e. The number of carbonyl (C=O) groups excluding carboxylic acids is 1. The number of benzene rings is 2. The zero-order valence-electron chi connectivity index (χ0n) is 19.5.